The number of rotatable bonds is 6. The number of amides is 1. The highest BCUT2D eigenvalue weighted by atomic mass is 32.2. The summed E-state index contributed by atoms with van der Waals surface area (Å²) in [6.07, 6.45) is 0. The number of hydrogen-bond acceptors (Lipinski definition) is 6. The molecule has 0 spiro atoms. The standard InChI is InChI=1S/C16H23N5O2S/c1-11(24-15-18-19-20-21(15)16(2,3)4)14(22)17-10-12-8-6-7-9-13(12)23-5/h6-9,11H,10H2,1-5H3,(H,17,22)/t11-/m1/s1. The molecule has 1 N–H and O–H groups in total. The van der Waals surface area contributed by atoms with Gasteiger partial charge in [0.15, 0.2) is 0 Å². The summed E-state index contributed by atoms with van der Waals surface area (Å²) in [5, 5.41) is 15.0. The Balaban J connectivity index is 1.97. The Morgan fingerprint density at radius 3 is 2.75 bits per heavy atom. The van der Waals surface area contributed by atoms with Crippen LogP contribution in [0.25, 0.3) is 0 Å². The highest BCUT2D eigenvalue weighted by Gasteiger charge is 2.24. The minimum atomic E-state index is -0.313. The number of aromatic nitrogens is 4. The molecule has 0 aliphatic heterocycles. The van der Waals surface area contributed by atoms with Gasteiger partial charge in [-0.2, -0.15) is 0 Å². The minimum absolute atomic E-state index is 0.0747. The molecule has 0 radical (unpaired) electrons. The van der Waals surface area contributed by atoms with Crippen LogP contribution in [0.15, 0.2) is 29.4 Å². The van der Waals surface area contributed by atoms with Gasteiger partial charge in [0.1, 0.15) is 5.75 Å². The van der Waals surface area contributed by atoms with Crippen molar-refractivity contribution in [2.75, 3.05) is 7.11 Å². The third kappa shape index (κ3) is 4.47. The minimum Gasteiger partial charge on any atom is -0.496 e. The van der Waals surface area contributed by atoms with E-state index in [2.05, 4.69) is 20.8 Å². The summed E-state index contributed by atoms with van der Waals surface area (Å²) in [4.78, 5) is 12.4. The molecule has 1 atom stereocenters. The van der Waals surface area contributed by atoms with Gasteiger partial charge < -0.3 is 10.1 Å². The molecule has 24 heavy (non-hydrogen) atoms. The summed E-state index contributed by atoms with van der Waals surface area (Å²) >= 11 is 1.34. The van der Waals surface area contributed by atoms with Gasteiger partial charge in [-0.15, -0.1) is 5.10 Å². The molecule has 1 aromatic heterocycles. The maximum Gasteiger partial charge on any atom is 0.233 e. The van der Waals surface area contributed by atoms with Crippen LogP contribution < -0.4 is 10.1 Å². The lowest BCUT2D eigenvalue weighted by molar-refractivity contribution is -0.120. The van der Waals surface area contributed by atoms with Crippen molar-refractivity contribution in [2.45, 2.75) is 50.2 Å². The first kappa shape index (κ1) is 18.3. The molecule has 130 valence electrons. The van der Waals surface area contributed by atoms with E-state index in [0.717, 1.165) is 11.3 Å². The number of benzene rings is 1. The van der Waals surface area contributed by atoms with Crippen LogP contribution in [0.4, 0.5) is 0 Å². The summed E-state index contributed by atoms with van der Waals surface area (Å²) in [7, 11) is 1.62. The van der Waals surface area contributed by atoms with Gasteiger partial charge in [0.25, 0.3) is 0 Å². The van der Waals surface area contributed by atoms with Gasteiger partial charge in [-0.1, -0.05) is 30.0 Å². The van der Waals surface area contributed by atoms with Crippen LogP contribution in [0.2, 0.25) is 0 Å². The van der Waals surface area contributed by atoms with Crippen LogP contribution in [0, 0.1) is 0 Å². The number of methoxy groups -OCH3 is 1. The summed E-state index contributed by atoms with van der Waals surface area (Å²) in [5.41, 5.74) is 0.699. The Labute approximate surface area is 146 Å². The molecule has 0 aliphatic carbocycles. The predicted octanol–water partition coefficient (Wildman–Crippen LogP) is 2.23. The lowest BCUT2D eigenvalue weighted by Crippen LogP contribution is -2.31. The molecule has 0 saturated heterocycles. The summed E-state index contributed by atoms with van der Waals surface area (Å²) in [5.74, 6) is 0.684. The molecular formula is C16H23N5O2S. The normalized spacial score (nSPS) is 12.7. The predicted molar refractivity (Wildman–Crippen MR) is 93.0 cm³/mol. The molecule has 1 amide bonds. The smallest absolute Gasteiger partial charge is 0.233 e. The molecule has 2 rings (SSSR count). The lowest BCUT2D eigenvalue weighted by Gasteiger charge is -2.20. The highest BCUT2D eigenvalue weighted by molar-refractivity contribution is 8.00. The van der Waals surface area contributed by atoms with Crippen LogP contribution in [0.5, 0.6) is 5.75 Å². The van der Waals surface area contributed by atoms with Crippen molar-refractivity contribution >= 4 is 17.7 Å². The second-order valence-corrected chi connectivity index (χ2v) is 7.64. The number of para-hydroxylation sites is 1. The van der Waals surface area contributed by atoms with Crippen LogP contribution in [-0.2, 0) is 16.9 Å². The zero-order valence-electron chi connectivity index (χ0n) is 14.6. The number of hydrogen-bond donors (Lipinski definition) is 1. The molecule has 7 nitrogen and oxygen atoms in total. The first-order chi connectivity index (χ1) is 11.3. The number of carbonyl (C=O) groups is 1. The molecule has 0 bridgehead atoms. The van der Waals surface area contributed by atoms with Crippen molar-refractivity contribution in [3.05, 3.63) is 29.8 Å². The Kier molecular flexibility index (Phi) is 5.82. The number of nitrogens with one attached hydrogen (secondary N) is 1. The molecule has 1 aromatic carbocycles. The zero-order valence-corrected chi connectivity index (χ0v) is 15.4. The molecule has 0 aliphatic rings. The Hall–Kier alpha value is -2.09. The van der Waals surface area contributed by atoms with E-state index in [-0.39, 0.29) is 16.7 Å². The van der Waals surface area contributed by atoms with Crippen molar-refractivity contribution < 1.29 is 9.53 Å². The summed E-state index contributed by atoms with van der Waals surface area (Å²) in [6, 6.07) is 7.61. The van der Waals surface area contributed by atoms with E-state index in [1.165, 1.54) is 11.8 Å². The van der Waals surface area contributed by atoms with Gasteiger partial charge in [-0.05, 0) is 44.2 Å². The van der Waals surface area contributed by atoms with Crippen LogP contribution in [0.1, 0.15) is 33.3 Å². The van der Waals surface area contributed by atoms with E-state index in [1.54, 1.807) is 11.8 Å². The molecule has 1 heterocycles. The van der Waals surface area contributed by atoms with Crippen LogP contribution >= 0.6 is 11.8 Å². The number of tetrazole rings is 1. The van der Waals surface area contributed by atoms with Crippen molar-refractivity contribution in [1.82, 2.24) is 25.5 Å². The number of nitrogens with zero attached hydrogens (tertiary/aromatic N) is 4. The number of ether oxygens (including phenoxy) is 1. The Morgan fingerprint density at radius 2 is 2.08 bits per heavy atom. The first-order valence-electron chi connectivity index (χ1n) is 7.68. The topological polar surface area (TPSA) is 81.9 Å². The summed E-state index contributed by atoms with van der Waals surface area (Å²) in [6.45, 7) is 8.29. The molecular weight excluding hydrogens is 326 g/mol. The van der Waals surface area contributed by atoms with Gasteiger partial charge >= 0.3 is 0 Å². The van der Waals surface area contributed by atoms with E-state index in [9.17, 15) is 4.79 Å². The van der Waals surface area contributed by atoms with E-state index in [0.29, 0.717) is 11.7 Å². The molecule has 0 fully saturated rings. The van der Waals surface area contributed by atoms with Crippen molar-refractivity contribution in [2.24, 2.45) is 0 Å². The molecule has 8 heteroatoms. The monoisotopic (exact) mass is 349 g/mol. The van der Waals surface area contributed by atoms with Crippen molar-refractivity contribution in [1.29, 1.82) is 0 Å². The highest BCUT2D eigenvalue weighted by Crippen LogP contribution is 2.25. The number of carbonyl (C=O) groups excluding carboxylic acids is 1. The van der Waals surface area contributed by atoms with Crippen LogP contribution in [0.3, 0.4) is 0 Å². The average molecular weight is 349 g/mol. The quantitative estimate of drug-likeness (QED) is 0.806. The maximum absolute atomic E-state index is 12.4. The van der Waals surface area contributed by atoms with Gasteiger partial charge in [0, 0.05) is 12.1 Å². The van der Waals surface area contributed by atoms with E-state index < -0.39 is 0 Å². The fraction of sp³-hybridized carbons (Fsp3) is 0.500. The largest absolute Gasteiger partial charge is 0.496 e. The Morgan fingerprint density at radius 1 is 1.38 bits per heavy atom. The lowest BCUT2D eigenvalue weighted by atomic mass is 10.1. The number of thioether (sulfide) groups is 1. The zero-order chi connectivity index (χ0) is 17.7. The van der Waals surface area contributed by atoms with Gasteiger partial charge in [0.05, 0.1) is 17.9 Å². The second kappa shape index (κ2) is 7.65. The van der Waals surface area contributed by atoms with Gasteiger partial charge in [0.2, 0.25) is 11.1 Å². The maximum atomic E-state index is 12.4. The van der Waals surface area contributed by atoms with Crippen molar-refractivity contribution in [3.63, 3.8) is 0 Å². The molecule has 2 aromatic rings. The third-order valence-electron chi connectivity index (χ3n) is 3.37. The van der Waals surface area contributed by atoms with Crippen LogP contribution in [-0.4, -0.2) is 38.5 Å². The van der Waals surface area contributed by atoms with E-state index in [4.69, 9.17) is 4.74 Å². The van der Waals surface area contributed by atoms with Crippen molar-refractivity contribution in [3.8, 4) is 5.75 Å². The fourth-order valence-corrected chi connectivity index (χ4v) is 3.06. The fourth-order valence-electron chi connectivity index (χ4n) is 2.06. The SMILES string of the molecule is COc1ccccc1CNC(=O)[C@@H](C)Sc1nnnn1C(C)(C)C. The second-order valence-electron chi connectivity index (χ2n) is 6.33. The average Bonchev–Trinajstić information content (AvgIpc) is 3.01. The molecule has 0 saturated carbocycles. The first-order valence-corrected chi connectivity index (χ1v) is 8.56. The third-order valence-corrected chi connectivity index (χ3v) is 4.41. The summed E-state index contributed by atoms with van der Waals surface area (Å²) < 4.78 is 7.01. The molecule has 0 unspecified atom stereocenters. The van der Waals surface area contributed by atoms with Gasteiger partial charge in [-0.3, -0.25) is 4.79 Å². The van der Waals surface area contributed by atoms with E-state index in [1.807, 2.05) is 52.0 Å². The Bertz CT molecular complexity index is 696. The van der Waals surface area contributed by atoms with Gasteiger partial charge in [-0.25, -0.2) is 4.68 Å². The van der Waals surface area contributed by atoms with E-state index >= 15 is 0 Å².